The first-order valence-electron chi connectivity index (χ1n) is 7.71. The van der Waals surface area contributed by atoms with Crippen LogP contribution in [-0.4, -0.2) is 28.8 Å². The molecule has 1 rings (SSSR count). The number of amides is 1. The van der Waals surface area contributed by atoms with Crippen LogP contribution in [0.4, 0.5) is 10.5 Å². The first kappa shape index (κ1) is 19.0. The number of aliphatic carboxylic acids is 1. The summed E-state index contributed by atoms with van der Waals surface area (Å²) in [6, 6.07) is 6.53. The van der Waals surface area contributed by atoms with E-state index >= 15 is 0 Å². The van der Waals surface area contributed by atoms with Gasteiger partial charge in [0.25, 0.3) is 0 Å². The number of carbonyl (C=O) groups is 2. The smallest absolute Gasteiger partial charge is 0.412 e. The Hall–Kier alpha value is -2.08. The van der Waals surface area contributed by atoms with Crippen molar-refractivity contribution in [2.45, 2.75) is 58.7 Å². The second kappa shape index (κ2) is 7.97. The summed E-state index contributed by atoms with van der Waals surface area (Å²) in [4.78, 5) is 22.8. The van der Waals surface area contributed by atoms with Gasteiger partial charge in [0, 0.05) is 11.7 Å². The molecule has 0 aromatic heterocycles. The zero-order valence-corrected chi connectivity index (χ0v) is 14.3. The van der Waals surface area contributed by atoms with Crippen molar-refractivity contribution in [3.05, 3.63) is 29.8 Å². The molecule has 0 heterocycles. The van der Waals surface area contributed by atoms with Gasteiger partial charge in [0.15, 0.2) is 0 Å². The molecule has 0 bridgehead atoms. The number of nitrogens with one attached hydrogen (secondary N) is 2. The molecule has 6 heteroatoms. The fraction of sp³-hybridized carbons (Fsp3) is 0.529. The zero-order chi connectivity index (χ0) is 17.6. The molecule has 3 N–H and O–H groups in total. The summed E-state index contributed by atoms with van der Waals surface area (Å²) in [6.45, 7) is 9.13. The van der Waals surface area contributed by atoms with Crippen molar-refractivity contribution in [1.82, 2.24) is 5.32 Å². The summed E-state index contributed by atoms with van der Waals surface area (Å²) in [6.07, 6.45) is 0.00570. The Labute approximate surface area is 137 Å². The van der Waals surface area contributed by atoms with Crippen LogP contribution >= 0.6 is 0 Å². The maximum absolute atomic E-state index is 11.7. The van der Waals surface area contributed by atoms with E-state index < -0.39 is 23.7 Å². The van der Waals surface area contributed by atoms with E-state index in [1.54, 1.807) is 32.9 Å². The topological polar surface area (TPSA) is 87.7 Å². The molecule has 1 amide bonds. The van der Waals surface area contributed by atoms with Crippen LogP contribution in [0.15, 0.2) is 24.3 Å². The Kier molecular flexibility index (Phi) is 6.57. The first-order chi connectivity index (χ1) is 10.6. The molecule has 1 aromatic rings. The van der Waals surface area contributed by atoms with Gasteiger partial charge in [-0.1, -0.05) is 19.1 Å². The lowest BCUT2D eigenvalue weighted by Crippen LogP contribution is -2.37. The molecular formula is C17H26N2O4. The van der Waals surface area contributed by atoms with Gasteiger partial charge in [0.05, 0.1) is 0 Å². The van der Waals surface area contributed by atoms with Crippen LogP contribution in [0.25, 0.3) is 0 Å². The number of hydrogen-bond donors (Lipinski definition) is 3. The van der Waals surface area contributed by atoms with Gasteiger partial charge >= 0.3 is 12.1 Å². The van der Waals surface area contributed by atoms with Gasteiger partial charge in [-0.3, -0.25) is 15.4 Å². The predicted octanol–water partition coefficient (Wildman–Crippen LogP) is 3.55. The lowest BCUT2D eigenvalue weighted by Gasteiger charge is -2.21. The Morgan fingerprint density at radius 3 is 2.22 bits per heavy atom. The standard InChI is InChI=1S/C17H26N2O4/c1-6-14(15(20)21)18-11(2)12-7-9-13(10-8-12)19-16(22)23-17(3,4)5/h7-11,14,18H,6H2,1-5H3,(H,19,22)(H,20,21). The Morgan fingerprint density at radius 2 is 1.78 bits per heavy atom. The third-order valence-corrected chi connectivity index (χ3v) is 3.21. The van der Waals surface area contributed by atoms with E-state index in [4.69, 9.17) is 9.84 Å². The fourth-order valence-electron chi connectivity index (χ4n) is 2.04. The highest BCUT2D eigenvalue weighted by atomic mass is 16.6. The molecule has 1 aromatic carbocycles. The normalized spacial score (nSPS) is 14.0. The fourth-order valence-corrected chi connectivity index (χ4v) is 2.04. The number of carboxylic acids is 1. The van der Waals surface area contributed by atoms with Gasteiger partial charge in [0.1, 0.15) is 11.6 Å². The molecule has 0 saturated heterocycles. The molecular weight excluding hydrogens is 296 g/mol. The van der Waals surface area contributed by atoms with Gasteiger partial charge < -0.3 is 9.84 Å². The number of anilines is 1. The molecule has 23 heavy (non-hydrogen) atoms. The van der Waals surface area contributed by atoms with Gasteiger partial charge in [0.2, 0.25) is 0 Å². The second-order valence-electron chi connectivity index (χ2n) is 6.44. The second-order valence-corrected chi connectivity index (χ2v) is 6.44. The average molecular weight is 322 g/mol. The van der Waals surface area contributed by atoms with E-state index in [1.807, 2.05) is 26.0 Å². The minimum atomic E-state index is -0.859. The molecule has 2 atom stereocenters. The summed E-state index contributed by atoms with van der Waals surface area (Å²) >= 11 is 0. The van der Waals surface area contributed by atoms with Crippen molar-refractivity contribution in [1.29, 1.82) is 0 Å². The first-order valence-corrected chi connectivity index (χ1v) is 7.71. The highest BCUT2D eigenvalue weighted by Crippen LogP contribution is 2.18. The summed E-state index contributed by atoms with van der Waals surface area (Å²) in [5, 5.41) is 14.8. The van der Waals surface area contributed by atoms with Crippen LogP contribution in [0.3, 0.4) is 0 Å². The van der Waals surface area contributed by atoms with Crippen LogP contribution < -0.4 is 10.6 Å². The van der Waals surface area contributed by atoms with Crippen LogP contribution in [0, 0.1) is 0 Å². The molecule has 0 aliphatic rings. The van der Waals surface area contributed by atoms with Crippen molar-refractivity contribution < 1.29 is 19.4 Å². The minimum absolute atomic E-state index is 0.105. The average Bonchev–Trinajstić information content (AvgIpc) is 2.42. The Morgan fingerprint density at radius 1 is 1.22 bits per heavy atom. The summed E-state index contributed by atoms with van der Waals surface area (Å²) in [5.41, 5.74) is 1.02. The van der Waals surface area contributed by atoms with Gasteiger partial charge in [-0.05, 0) is 51.8 Å². The van der Waals surface area contributed by atoms with Crippen molar-refractivity contribution >= 4 is 17.7 Å². The third-order valence-electron chi connectivity index (χ3n) is 3.21. The monoisotopic (exact) mass is 322 g/mol. The molecule has 0 aliphatic carbocycles. The lowest BCUT2D eigenvalue weighted by atomic mass is 10.1. The number of benzene rings is 1. The summed E-state index contributed by atoms with van der Waals surface area (Å²) < 4.78 is 5.19. The van der Waals surface area contributed by atoms with Crippen molar-refractivity contribution in [3.8, 4) is 0 Å². The van der Waals surface area contributed by atoms with E-state index in [0.29, 0.717) is 12.1 Å². The van der Waals surface area contributed by atoms with Crippen LogP contribution in [0.5, 0.6) is 0 Å². The Balaban J connectivity index is 2.65. The number of ether oxygens (including phenoxy) is 1. The number of carbonyl (C=O) groups excluding carboxylic acids is 1. The van der Waals surface area contributed by atoms with E-state index in [2.05, 4.69) is 10.6 Å². The maximum atomic E-state index is 11.7. The van der Waals surface area contributed by atoms with Crippen LogP contribution in [-0.2, 0) is 9.53 Å². The molecule has 0 radical (unpaired) electrons. The lowest BCUT2D eigenvalue weighted by molar-refractivity contribution is -0.139. The van der Waals surface area contributed by atoms with Crippen LogP contribution in [0.1, 0.15) is 52.6 Å². The van der Waals surface area contributed by atoms with Gasteiger partial charge in [-0.15, -0.1) is 0 Å². The van der Waals surface area contributed by atoms with E-state index in [-0.39, 0.29) is 6.04 Å². The quantitative estimate of drug-likeness (QED) is 0.745. The number of rotatable bonds is 6. The number of hydrogen-bond acceptors (Lipinski definition) is 4. The molecule has 2 unspecified atom stereocenters. The van der Waals surface area contributed by atoms with E-state index in [1.165, 1.54) is 0 Å². The SMILES string of the molecule is CCC(NC(C)c1ccc(NC(=O)OC(C)(C)C)cc1)C(=O)O. The maximum Gasteiger partial charge on any atom is 0.412 e. The molecule has 6 nitrogen and oxygen atoms in total. The highest BCUT2D eigenvalue weighted by Gasteiger charge is 2.18. The van der Waals surface area contributed by atoms with Crippen molar-refractivity contribution in [2.24, 2.45) is 0 Å². The van der Waals surface area contributed by atoms with Crippen molar-refractivity contribution in [3.63, 3.8) is 0 Å². The molecule has 0 aliphatic heterocycles. The van der Waals surface area contributed by atoms with E-state index in [9.17, 15) is 9.59 Å². The molecule has 0 saturated carbocycles. The molecule has 128 valence electrons. The van der Waals surface area contributed by atoms with Crippen molar-refractivity contribution in [2.75, 3.05) is 5.32 Å². The van der Waals surface area contributed by atoms with E-state index in [0.717, 1.165) is 5.56 Å². The summed E-state index contributed by atoms with van der Waals surface area (Å²) in [7, 11) is 0. The third kappa shape index (κ3) is 6.69. The predicted molar refractivity (Wildman–Crippen MR) is 89.6 cm³/mol. The Bertz CT molecular complexity index is 535. The minimum Gasteiger partial charge on any atom is -0.480 e. The van der Waals surface area contributed by atoms with Crippen LogP contribution in [0.2, 0.25) is 0 Å². The molecule has 0 fully saturated rings. The summed E-state index contributed by atoms with van der Waals surface area (Å²) in [5.74, 6) is -0.859. The largest absolute Gasteiger partial charge is 0.480 e. The van der Waals surface area contributed by atoms with Gasteiger partial charge in [-0.25, -0.2) is 4.79 Å². The van der Waals surface area contributed by atoms with Gasteiger partial charge in [-0.2, -0.15) is 0 Å². The number of carboxylic acid groups (broad SMARTS) is 1. The zero-order valence-electron chi connectivity index (χ0n) is 14.3. The molecule has 0 spiro atoms. The highest BCUT2D eigenvalue weighted by molar-refractivity contribution is 5.84.